The van der Waals surface area contributed by atoms with Gasteiger partial charge in [0.2, 0.25) is 0 Å². The van der Waals surface area contributed by atoms with E-state index in [2.05, 4.69) is 35.9 Å². The molecule has 2 unspecified atom stereocenters. The molecule has 0 aromatic carbocycles. The number of rotatable bonds is 0. The summed E-state index contributed by atoms with van der Waals surface area (Å²) in [6.45, 7) is 4.93. The SMILES string of the molecule is Cc1nc2c3c(nc(=O)n2I)N2C(C)CN(I)CC2CS(=O)(=O)c3c1Cl. The van der Waals surface area contributed by atoms with Crippen LogP contribution in [0.1, 0.15) is 12.6 Å². The van der Waals surface area contributed by atoms with Crippen LogP contribution in [0.2, 0.25) is 5.02 Å². The molecule has 26 heavy (non-hydrogen) atoms. The summed E-state index contributed by atoms with van der Waals surface area (Å²) in [7, 11) is -3.69. The summed E-state index contributed by atoms with van der Waals surface area (Å²) in [6.07, 6.45) is 0. The third-order valence-corrected chi connectivity index (χ3v) is 8.81. The summed E-state index contributed by atoms with van der Waals surface area (Å²) in [5.41, 5.74) is 0.185. The second-order valence-electron chi connectivity index (χ2n) is 6.56. The van der Waals surface area contributed by atoms with Gasteiger partial charge in [-0.15, -0.1) is 0 Å². The van der Waals surface area contributed by atoms with E-state index >= 15 is 0 Å². The van der Waals surface area contributed by atoms with Crippen molar-refractivity contribution in [3.63, 3.8) is 0 Å². The fourth-order valence-electron chi connectivity index (χ4n) is 3.72. The Hall–Kier alpha value is -0.250. The van der Waals surface area contributed by atoms with Gasteiger partial charge in [-0.1, -0.05) is 11.6 Å². The van der Waals surface area contributed by atoms with Gasteiger partial charge in [-0.2, -0.15) is 4.98 Å². The van der Waals surface area contributed by atoms with Crippen LogP contribution < -0.4 is 10.6 Å². The number of anilines is 1. The first-order valence-corrected chi connectivity index (χ1v) is 11.8. The molecule has 8 nitrogen and oxygen atoms in total. The number of pyridine rings is 1. The topological polar surface area (TPSA) is 88.4 Å². The summed E-state index contributed by atoms with van der Waals surface area (Å²) >= 11 is 10.4. The van der Waals surface area contributed by atoms with Gasteiger partial charge in [-0.3, -0.25) is 0 Å². The van der Waals surface area contributed by atoms with E-state index in [0.717, 1.165) is 6.54 Å². The first-order chi connectivity index (χ1) is 12.1. The zero-order valence-corrected chi connectivity index (χ0v) is 19.7. The van der Waals surface area contributed by atoms with Crippen molar-refractivity contribution >= 4 is 84.0 Å². The third-order valence-electron chi connectivity index (χ3n) is 4.73. The Kier molecular flexibility index (Phi) is 4.69. The molecule has 4 heterocycles. The van der Waals surface area contributed by atoms with E-state index in [-0.39, 0.29) is 33.4 Å². The number of piperazine rings is 1. The van der Waals surface area contributed by atoms with Crippen LogP contribution in [0, 0.1) is 6.92 Å². The molecule has 4 rings (SSSR count). The minimum absolute atomic E-state index is 0.00737. The second kappa shape index (κ2) is 6.39. The lowest BCUT2D eigenvalue weighted by molar-refractivity contribution is 0.346. The van der Waals surface area contributed by atoms with E-state index in [0.29, 0.717) is 23.4 Å². The molecule has 0 amide bonds. The zero-order valence-electron chi connectivity index (χ0n) is 13.8. The van der Waals surface area contributed by atoms with Crippen LogP contribution in [-0.2, 0) is 9.84 Å². The standard InChI is InChI=1S/C14H14ClI2N5O3S/c1-6-3-20(16)4-8-5-26(24,25)11-9-12(21(6)8)19-14(23)22(17)13(9)18-7(2)10(11)15/h6,8H,3-5H2,1-2H3. The minimum atomic E-state index is -3.69. The number of aromatic nitrogens is 3. The molecule has 2 aromatic heterocycles. The summed E-state index contributed by atoms with van der Waals surface area (Å²) in [4.78, 5) is 23.1. The van der Waals surface area contributed by atoms with Crippen LogP contribution in [0.5, 0.6) is 0 Å². The molecule has 0 radical (unpaired) electrons. The number of halogens is 3. The number of aryl methyl sites for hydroxylation is 1. The number of hydrogen-bond acceptors (Lipinski definition) is 7. The molecule has 0 spiro atoms. The fourth-order valence-corrected chi connectivity index (χ4v) is 7.54. The lowest BCUT2D eigenvalue weighted by Crippen LogP contribution is -2.57. The maximum Gasteiger partial charge on any atom is 0.360 e. The zero-order chi connectivity index (χ0) is 19.0. The Balaban J connectivity index is 2.20. The molecule has 0 bridgehead atoms. The maximum atomic E-state index is 13.2. The molecule has 2 aliphatic rings. The lowest BCUT2D eigenvalue weighted by Gasteiger charge is -2.43. The third kappa shape index (κ3) is 2.76. The molecule has 12 heteroatoms. The molecular weight excluding hydrogens is 608 g/mol. The van der Waals surface area contributed by atoms with Gasteiger partial charge in [0.05, 0.1) is 50.8 Å². The molecule has 2 aromatic rings. The van der Waals surface area contributed by atoms with Gasteiger partial charge in [-0.25, -0.2) is 24.1 Å². The average molecular weight is 622 g/mol. The Labute approximate surface area is 182 Å². The smallest absolute Gasteiger partial charge is 0.346 e. The Morgan fingerprint density at radius 3 is 2.62 bits per heavy atom. The Morgan fingerprint density at radius 1 is 1.23 bits per heavy atom. The van der Waals surface area contributed by atoms with E-state index < -0.39 is 15.5 Å². The normalized spacial score (nSPS) is 25.2. The van der Waals surface area contributed by atoms with E-state index in [1.165, 1.54) is 2.78 Å². The number of fused-ring (bicyclic) bond motifs is 2. The van der Waals surface area contributed by atoms with Crippen molar-refractivity contribution in [2.45, 2.75) is 30.8 Å². The van der Waals surface area contributed by atoms with Crippen molar-refractivity contribution in [3.8, 4) is 0 Å². The summed E-state index contributed by atoms with van der Waals surface area (Å²) in [5.74, 6) is 0.284. The quantitative estimate of drug-likeness (QED) is 0.329. The van der Waals surface area contributed by atoms with Crippen LogP contribution in [0.3, 0.4) is 0 Å². The molecule has 140 valence electrons. The molecule has 1 fully saturated rings. The molecule has 2 atom stereocenters. The van der Waals surface area contributed by atoms with Gasteiger partial charge in [-0.05, 0) is 13.8 Å². The van der Waals surface area contributed by atoms with Crippen molar-refractivity contribution in [3.05, 3.63) is 21.2 Å². The van der Waals surface area contributed by atoms with Gasteiger partial charge < -0.3 is 4.90 Å². The molecule has 2 aliphatic heterocycles. The predicted octanol–water partition coefficient (Wildman–Crippen LogP) is 1.97. The van der Waals surface area contributed by atoms with Crippen molar-refractivity contribution in [1.29, 1.82) is 0 Å². The summed E-state index contributed by atoms with van der Waals surface area (Å²) in [5, 5.41) is 0.445. The molecular formula is C14H14ClI2N5O3S. The van der Waals surface area contributed by atoms with Gasteiger partial charge in [0, 0.05) is 42.0 Å². The van der Waals surface area contributed by atoms with Crippen molar-refractivity contribution in [2.24, 2.45) is 0 Å². The van der Waals surface area contributed by atoms with Crippen LogP contribution in [0.15, 0.2) is 9.69 Å². The predicted molar refractivity (Wildman–Crippen MR) is 116 cm³/mol. The van der Waals surface area contributed by atoms with Gasteiger partial charge in [0.15, 0.2) is 15.5 Å². The second-order valence-corrected chi connectivity index (χ2v) is 11.2. The lowest BCUT2D eigenvalue weighted by atomic mass is 10.1. The fraction of sp³-hybridized carbons (Fsp3) is 0.500. The van der Waals surface area contributed by atoms with Crippen LogP contribution in [0.4, 0.5) is 5.82 Å². The van der Waals surface area contributed by atoms with Gasteiger partial charge >= 0.3 is 5.69 Å². The van der Waals surface area contributed by atoms with E-state index in [1.807, 2.05) is 11.8 Å². The van der Waals surface area contributed by atoms with Gasteiger partial charge in [0.1, 0.15) is 10.7 Å². The van der Waals surface area contributed by atoms with Crippen molar-refractivity contribution in [1.82, 2.24) is 15.9 Å². The molecule has 1 saturated heterocycles. The molecule has 0 N–H and O–H groups in total. The highest BCUT2D eigenvalue weighted by molar-refractivity contribution is 14.1. The van der Waals surface area contributed by atoms with Gasteiger partial charge in [0.25, 0.3) is 0 Å². The highest BCUT2D eigenvalue weighted by Crippen LogP contribution is 2.41. The van der Waals surface area contributed by atoms with Crippen LogP contribution >= 0.6 is 57.3 Å². The summed E-state index contributed by atoms with van der Waals surface area (Å²) in [6, 6.07) is -0.323. The monoisotopic (exact) mass is 621 g/mol. The van der Waals surface area contributed by atoms with E-state index in [9.17, 15) is 13.2 Å². The Morgan fingerprint density at radius 2 is 1.92 bits per heavy atom. The van der Waals surface area contributed by atoms with Crippen LogP contribution in [-0.4, -0.2) is 55.2 Å². The van der Waals surface area contributed by atoms with E-state index in [4.69, 9.17) is 11.6 Å². The molecule has 0 aliphatic carbocycles. The average Bonchev–Trinajstić information content (AvgIpc) is 2.61. The first-order valence-electron chi connectivity index (χ1n) is 7.82. The number of sulfone groups is 1. The highest BCUT2D eigenvalue weighted by Gasteiger charge is 2.42. The van der Waals surface area contributed by atoms with Crippen molar-refractivity contribution < 1.29 is 8.42 Å². The first kappa shape index (κ1) is 19.1. The van der Waals surface area contributed by atoms with Crippen molar-refractivity contribution in [2.75, 3.05) is 23.7 Å². The number of nitrogens with zero attached hydrogens (tertiary/aromatic N) is 5. The summed E-state index contributed by atoms with van der Waals surface area (Å²) < 4.78 is 29.8. The molecule has 0 saturated carbocycles. The maximum absolute atomic E-state index is 13.2. The Bertz CT molecular complexity index is 1110. The van der Waals surface area contributed by atoms with E-state index in [1.54, 1.807) is 29.8 Å². The minimum Gasteiger partial charge on any atom is -0.346 e. The van der Waals surface area contributed by atoms with Crippen LogP contribution in [0.25, 0.3) is 11.0 Å². The number of hydrogen-bond donors (Lipinski definition) is 0. The largest absolute Gasteiger partial charge is 0.360 e. The highest BCUT2D eigenvalue weighted by atomic mass is 127.